The lowest BCUT2D eigenvalue weighted by Crippen LogP contribution is -2.47. The lowest BCUT2D eigenvalue weighted by molar-refractivity contribution is -0.146. The maximum absolute atomic E-state index is 13.5. The van der Waals surface area contributed by atoms with E-state index in [0.29, 0.717) is 29.2 Å². The number of fused-ring (bicyclic) bond motifs is 1. The third-order valence-electron chi connectivity index (χ3n) is 5.97. The lowest BCUT2D eigenvalue weighted by Gasteiger charge is -2.34. The van der Waals surface area contributed by atoms with Crippen LogP contribution in [-0.4, -0.2) is 47.5 Å². The molecule has 0 saturated carbocycles. The number of nitriles is 1. The Kier molecular flexibility index (Phi) is 7.68. The van der Waals surface area contributed by atoms with Crippen molar-refractivity contribution in [3.63, 3.8) is 0 Å². The van der Waals surface area contributed by atoms with Crippen molar-refractivity contribution in [3.05, 3.63) is 71.0 Å². The molecule has 2 heterocycles. The van der Waals surface area contributed by atoms with Crippen molar-refractivity contribution >= 4 is 23.2 Å². The highest BCUT2D eigenvalue weighted by Gasteiger charge is 2.36. The number of anilines is 2. The Labute approximate surface area is 216 Å². The third kappa shape index (κ3) is 5.78. The average molecular weight is 528 g/mol. The summed E-state index contributed by atoms with van der Waals surface area (Å²) in [6.45, 7) is 1.76. The van der Waals surface area contributed by atoms with Gasteiger partial charge in [0.25, 0.3) is 11.8 Å². The summed E-state index contributed by atoms with van der Waals surface area (Å²) >= 11 is 0. The predicted octanol–water partition coefficient (Wildman–Crippen LogP) is 4.53. The van der Waals surface area contributed by atoms with E-state index in [1.165, 1.54) is 24.1 Å². The number of benzene rings is 2. The zero-order chi connectivity index (χ0) is 27.4. The number of amides is 2. The van der Waals surface area contributed by atoms with Crippen molar-refractivity contribution in [1.82, 2.24) is 9.78 Å². The quantitative estimate of drug-likeness (QED) is 0.431. The number of alkyl halides is 3. The van der Waals surface area contributed by atoms with Gasteiger partial charge in [0.05, 0.1) is 56.7 Å². The summed E-state index contributed by atoms with van der Waals surface area (Å²) in [4.78, 5) is 28.1. The number of halogens is 3. The molecule has 0 bridgehead atoms. The van der Waals surface area contributed by atoms with Crippen LogP contribution in [0.25, 0.3) is 0 Å². The van der Waals surface area contributed by atoms with Gasteiger partial charge in [0.2, 0.25) is 0 Å². The van der Waals surface area contributed by atoms with Gasteiger partial charge >= 0.3 is 6.18 Å². The van der Waals surface area contributed by atoms with Crippen molar-refractivity contribution in [2.75, 3.05) is 23.9 Å². The summed E-state index contributed by atoms with van der Waals surface area (Å²) in [6, 6.07) is 13.1. The van der Waals surface area contributed by atoms with Crippen molar-refractivity contribution in [2.24, 2.45) is 0 Å². The van der Waals surface area contributed by atoms with Gasteiger partial charge in [-0.05, 0) is 42.8 Å². The monoisotopic (exact) mass is 527 g/mol. The molecule has 198 valence electrons. The van der Waals surface area contributed by atoms with Gasteiger partial charge in [-0.25, -0.2) is 0 Å². The van der Waals surface area contributed by atoms with Crippen LogP contribution in [0.5, 0.6) is 5.75 Å². The largest absolute Gasteiger partial charge is 0.495 e. The van der Waals surface area contributed by atoms with Gasteiger partial charge in [-0.15, -0.1) is 0 Å². The number of methoxy groups -OCH3 is 1. The Morgan fingerprint density at radius 1 is 1.24 bits per heavy atom. The molecule has 1 aliphatic heterocycles. The fourth-order valence-electron chi connectivity index (χ4n) is 4.14. The first-order valence-corrected chi connectivity index (χ1v) is 11.6. The van der Waals surface area contributed by atoms with Crippen molar-refractivity contribution in [2.45, 2.75) is 38.7 Å². The van der Waals surface area contributed by atoms with E-state index in [-0.39, 0.29) is 29.5 Å². The third-order valence-corrected chi connectivity index (χ3v) is 5.97. The van der Waals surface area contributed by atoms with Crippen LogP contribution in [0.2, 0.25) is 0 Å². The second-order valence-electron chi connectivity index (χ2n) is 8.68. The minimum atomic E-state index is -4.27. The second-order valence-corrected chi connectivity index (χ2v) is 8.68. The summed E-state index contributed by atoms with van der Waals surface area (Å²) < 4.78 is 48.5. The summed E-state index contributed by atoms with van der Waals surface area (Å²) in [7, 11) is 1.44. The number of hydrogen-bond donors (Lipinski definition) is 1. The van der Waals surface area contributed by atoms with Crippen LogP contribution >= 0.6 is 0 Å². The molecule has 1 aliphatic rings. The first kappa shape index (κ1) is 26.7. The summed E-state index contributed by atoms with van der Waals surface area (Å²) in [5.41, 5.74) is 2.02. The maximum atomic E-state index is 13.5. The van der Waals surface area contributed by atoms with Gasteiger partial charge in [0.15, 0.2) is 0 Å². The van der Waals surface area contributed by atoms with Crippen molar-refractivity contribution in [1.29, 1.82) is 5.26 Å². The average Bonchev–Trinajstić information content (AvgIpc) is 3.31. The normalized spacial score (nSPS) is 15.1. The van der Waals surface area contributed by atoms with Gasteiger partial charge < -0.3 is 19.7 Å². The first-order valence-electron chi connectivity index (χ1n) is 11.6. The van der Waals surface area contributed by atoms with Crippen LogP contribution in [0, 0.1) is 11.3 Å². The van der Waals surface area contributed by atoms with E-state index in [1.807, 2.05) is 13.0 Å². The van der Waals surface area contributed by atoms with Gasteiger partial charge in [-0.2, -0.15) is 23.5 Å². The van der Waals surface area contributed by atoms with E-state index in [1.54, 1.807) is 41.3 Å². The van der Waals surface area contributed by atoms with Gasteiger partial charge in [0, 0.05) is 11.4 Å². The molecule has 0 fully saturated rings. The van der Waals surface area contributed by atoms with Crippen LogP contribution in [0.15, 0.2) is 48.7 Å². The molecule has 38 heavy (non-hydrogen) atoms. The fraction of sp³-hybridized carbons (Fsp3) is 0.308. The first-order chi connectivity index (χ1) is 18.1. The molecule has 3 aromatic rings. The Morgan fingerprint density at radius 3 is 2.63 bits per heavy atom. The summed E-state index contributed by atoms with van der Waals surface area (Å²) in [6.07, 6.45) is -3.97. The molecule has 1 aromatic heterocycles. The molecule has 1 N–H and O–H groups in total. The SMILES string of the molecule is COc1ccc(NC(=O)c2cnn3c2C(=O)N(c2ccc(COCCC(F)(F)F)cc2)C(C)C3)cc1C#N. The molecule has 0 saturated heterocycles. The maximum Gasteiger partial charge on any atom is 0.391 e. The Bertz CT molecular complexity index is 1380. The van der Waals surface area contributed by atoms with Crippen molar-refractivity contribution < 1.29 is 32.2 Å². The van der Waals surface area contributed by atoms with E-state index < -0.39 is 31.0 Å². The predicted molar refractivity (Wildman–Crippen MR) is 131 cm³/mol. The number of carbonyl (C=O) groups excluding carboxylic acids is 2. The van der Waals surface area contributed by atoms with Crippen LogP contribution in [0.3, 0.4) is 0 Å². The zero-order valence-electron chi connectivity index (χ0n) is 20.6. The molecule has 4 rings (SSSR count). The Morgan fingerprint density at radius 2 is 1.97 bits per heavy atom. The number of rotatable bonds is 8. The molecule has 0 radical (unpaired) electrons. The van der Waals surface area contributed by atoms with Gasteiger partial charge in [0.1, 0.15) is 17.5 Å². The minimum absolute atomic E-state index is 0.00975. The molecule has 9 nitrogen and oxygen atoms in total. The highest BCUT2D eigenvalue weighted by atomic mass is 19.4. The van der Waals surface area contributed by atoms with E-state index in [9.17, 15) is 28.0 Å². The Balaban J connectivity index is 1.49. The van der Waals surface area contributed by atoms with Crippen LogP contribution in [0.1, 0.15) is 45.3 Å². The van der Waals surface area contributed by atoms with E-state index >= 15 is 0 Å². The van der Waals surface area contributed by atoms with E-state index in [4.69, 9.17) is 9.47 Å². The molecule has 1 atom stereocenters. The number of ether oxygens (including phenoxy) is 2. The van der Waals surface area contributed by atoms with Crippen molar-refractivity contribution in [3.8, 4) is 11.8 Å². The molecular weight excluding hydrogens is 503 g/mol. The van der Waals surface area contributed by atoms with Gasteiger partial charge in [-0.3, -0.25) is 14.3 Å². The second kappa shape index (κ2) is 10.9. The fourth-order valence-corrected chi connectivity index (χ4v) is 4.14. The Hall–Kier alpha value is -4.37. The molecular formula is C26H24F3N5O4. The zero-order valence-corrected chi connectivity index (χ0v) is 20.6. The molecule has 2 amide bonds. The number of hydrogen-bond acceptors (Lipinski definition) is 6. The van der Waals surface area contributed by atoms with Crippen LogP contribution in [0.4, 0.5) is 24.5 Å². The number of nitrogens with one attached hydrogen (secondary N) is 1. The smallest absolute Gasteiger partial charge is 0.391 e. The molecule has 0 aliphatic carbocycles. The number of nitrogens with zero attached hydrogens (tertiary/aromatic N) is 4. The molecule has 12 heteroatoms. The lowest BCUT2D eigenvalue weighted by atomic mass is 10.1. The highest BCUT2D eigenvalue weighted by molar-refractivity contribution is 6.15. The van der Waals surface area contributed by atoms with E-state index in [0.717, 1.165) is 0 Å². The molecule has 0 spiro atoms. The minimum Gasteiger partial charge on any atom is -0.495 e. The van der Waals surface area contributed by atoms with E-state index in [2.05, 4.69) is 10.4 Å². The highest BCUT2D eigenvalue weighted by Crippen LogP contribution is 2.28. The topological polar surface area (TPSA) is 109 Å². The number of carbonyl (C=O) groups is 2. The number of aromatic nitrogens is 2. The summed E-state index contributed by atoms with van der Waals surface area (Å²) in [5.74, 6) is -0.616. The molecule has 1 unspecified atom stereocenters. The van der Waals surface area contributed by atoms with Crippen LogP contribution in [-0.2, 0) is 17.9 Å². The van der Waals surface area contributed by atoms with Crippen LogP contribution < -0.4 is 15.0 Å². The molecule has 2 aromatic carbocycles. The summed E-state index contributed by atoms with van der Waals surface area (Å²) in [5, 5.41) is 16.2. The standard InChI is InChI=1S/C26H24F3N5O4/c1-16-14-33-23(21(13-31-33)24(35)32-19-5-8-22(37-2)18(11-19)12-30)25(36)34(16)20-6-3-17(4-7-20)15-38-10-9-26(27,28)29/h3-8,11,13,16H,9-10,14-15H2,1-2H3,(H,32,35). The van der Waals surface area contributed by atoms with Gasteiger partial charge in [-0.1, -0.05) is 12.1 Å².